The first-order valence-corrected chi connectivity index (χ1v) is 22.9. The number of H-pyrrole nitrogens is 1. The average molecular weight is 880 g/mol. The van der Waals surface area contributed by atoms with Crippen LogP contribution in [0.15, 0.2) is 45.2 Å². The number of carbonyl (C=O) groups excluding carboxylic acids is 3. The van der Waals surface area contributed by atoms with E-state index in [9.17, 15) is 24.0 Å². The van der Waals surface area contributed by atoms with Gasteiger partial charge >= 0.3 is 11.7 Å². The third-order valence-corrected chi connectivity index (χ3v) is 11.6. The van der Waals surface area contributed by atoms with Gasteiger partial charge in [0.1, 0.15) is 18.9 Å². The third kappa shape index (κ3) is 16.8. The molecule has 3 aliphatic rings. The molecule has 5 rings (SSSR count). The molecule has 3 fully saturated rings. The molecule has 2 aromatic rings. The van der Waals surface area contributed by atoms with Crippen LogP contribution in [0.1, 0.15) is 83.9 Å². The highest BCUT2D eigenvalue weighted by molar-refractivity contribution is 5.97. The molecule has 20 nitrogen and oxygen atoms in total. The summed E-state index contributed by atoms with van der Waals surface area (Å²) in [5, 5.41) is 21.1. The van der Waals surface area contributed by atoms with Crippen molar-refractivity contribution in [1.29, 1.82) is 0 Å². The van der Waals surface area contributed by atoms with Gasteiger partial charge in [-0.15, -0.1) is 0 Å². The van der Waals surface area contributed by atoms with E-state index < -0.39 is 35.6 Å². The fourth-order valence-electron chi connectivity index (χ4n) is 7.99. The van der Waals surface area contributed by atoms with Crippen LogP contribution in [0.4, 0.5) is 0 Å². The molecule has 3 aliphatic heterocycles. The van der Waals surface area contributed by atoms with Crippen LogP contribution in [0.5, 0.6) is 0 Å². The number of ether oxygens (including phenoxy) is 2. The molecule has 348 valence electrons. The molecule has 1 aromatic heterocycles. The Morgan fingerprint density at radius 1 is 0.746 bits per heavy atom. The van der Waals surface area contributed by atoms with Gasteiger partial charge in [-0.3, -0.25) is 28.7 Å². The topological polar surface area (TPSA) is 243 Å². The van der Waals surface area contributed by atoms with Crippen LogP contribution in [0.3, 0.4) is 0 Å². The summed E-state index contributed by atoms with van der Waals surface area (Å²) < 4.78 is 12.7. The van der Waals surface area contributed by atoms with Gasteiger partial charge in [0.05, 0.1) is 6.04 Å². The van der Waals surface area contributed by atoms with E-state index >= 15 is 0 Å². The number of hydrogen-bond acceptors (Lipinski definition) is 14. The zero-order valence-electron chi connectivity index (χ0n) is 37.0. The van der Waals surface area contributed by atoms with Crippen LogP contribution in [-0.4, -0.2) is 172 Å². The number of nitrogens with zero attached hydrogens (tertiary/aromatic N) is 7. The van der Waals surface area contributed by atoms with E-state index in [1.807, 2.05) is 9.80 Å². The lowest BCUT2D eigenvalue weighted by Gasteiger charge is -2.27. The Hall–Kier alpha value is -4.66. The molecular formula is C43H69N13O7. The van der Waals surface area contributed by atoms with Crippen molar-refractivity contribution >= 4 is 17.8 Å². The van der Waals surface area contributed by atoms with Crippen molar-refractivity contribution in [1.82, 2.24) is 50.8 Å². The largest absolute Gasteiger partial charge is 0.463 e. The maximum Gasteiger partial charge on any atom is 0.330 e. The van der Waals surface area contributed by atoms with Gasteiger partial charge in [-0.1, -0.05) is 5.11 Å². The molecule has 2 amide bonds. The van der Waals surface area contributed by atoms with Crippen LogP contribution in [0.25, 0.3) is 10.4 Å². The molecule has 0 bridgehead atoms. The second-order valence-corrected chi connectivity index (χ2v) is 16.4. The zero-order chi connectivity index (χ0) is 44.7. The SMILES string of the molecule is Cc1cn([C@H]2C[C@H](N=[N+]=[N-])[C@@H](COC(=O)CCCCN3CCCN(C(=O)c4ccc(C(=O)N5CCCNCCNCCCNCC5)cc4)CCNCCCNCC3)O2)c(=O)[nH]c1=O. The smallest absolute Gasteiger partial charge is 0.330 e. The molecule has 0 spiro atoms. The van der Waals surface area contributed by atoms with Crippen LogP contribution in [0, 0.1) is 6.92 Å². The minimum absolute atomic E-state index is 0.0223. The molecular weight excluding hydrogens is 811 g/mol. The zero-order valence-corrected chi connectivity index (χ0v) is 37.0. The summed E-state index contributed by atoms with van der Waals surface area (Å²) in [5.41, 5.74) is 9.45. The molecule has 63 heavy (non-hydrogen) atoms. The highest BCUT2D eigenvalue weighted by Gasteiger charge is 2.37. The number of aromatic amines is 1. The summed E-state index contributed by atoms with van der Waals surface area (Å²) in [5.74, 6) is -0.470. The normalized spacial score (nSPS) is 22.3. The molecule has 0 unspecified atom stereocenters. The van der Waals surface area contributed by atoms with Crippen LogP contribution in [-0.2, 0) is 14.3 Å². The fourth-order valence-corrected chi connectivity index (χ4v) is 7.99. The molecule has 6 N–H and O–H groups in total. The van der Waals surface area contributed by atoms with Gasteiger partial charge in [-0.05, 0) is 121 Å². The van der Waals surface area contributed by atoms with Gasteiger partial charge in [0, 0.05) is 106 Å². The Morgan fingerprint density at radius 2 is 1.32 bits per heavy atom. The molecule has 3 atom stereocenters. The van der Waals surface area contributed by atoms with Gasteiger partial charge in [0.15, 0.2) is 0 Å². The van der Waals surface area contributed by atoms with E-state index in [-0.39, 0.29) is 31.3 Å². The first kappa shape index (κ1) is 49.4. The third-order valence-electron chi connectivity index (χ3n) is 11.6. The van der Waals surface area contributed by atoms with Crippen LogP contribution < -0.4 is 37.8 Å². The standard InChI is InChI=1S/C43H69N13O7/c1-33-31-56(43(61)50-40(33)58)38-30-36(51-52-44)37(63-38)32-62-39(57)8-2-3-23-53-24-7-26-55(29-22-49-16-5-14-47-20-27-53)42(60)35-11-9-34(10-12-35)41(59)54-25-6-17-46-19-18-45-13-4-15-48-21-28-54/h9-12,31,36-38,45-49H,2-8,13-30,32H2,1H3,(H,50,58,61)/t36-,37+,38+/m0/s1. The Balaban J connectivity index is 1.08. The molecule has 20 heteroatoms. The van der Waals surface area contributed by atoms with Gasteiger partial charge < -0.3 is 50.8 Å². The van der Waals surface area contributed by atoms with Gasteiger partial charge in [0.2, 0.25) is 0 Å². The summed E-state index contributed by atoms with van der Waals surface area (Å²) in [7, 11) is 0. The van der Waals surface area contributed by atoms with Crippen molar-refractivity contribution in [3.05, 3.63) is 78.4 Å². The molecule has 1 aromatic carbocycles. The van der Waals surface area contributed by atoms with E-state index in [1.165, 1.54) is 10.8 Å². The minimum atomic E-state index is -0.784. The fraction of sp³-hybridized carbons (Fsp3) is 0.698. The maximum absolute atomic E-state index is 13.9. The quantitative estimate of drug-likeness (QED) is 0.0607. The number of unbranched alkanes of at least 4 members (excludes halogenated alkanes) is 1. The van der Waals surface area contributed by atoms with E-state index in [4.69, 9.17) is 15.0 Å². The summed E-state index contributed by atoms with van der Waals surface area (Å²) in [6, 6.07) is 6.47. The summed E-state index contributed by atoms with van der Waals surface area (Å²) >= 11 is 0. The minimum Gasteiger partial charge on any atom is -0.463 e. The number of esters is 1. The molecule has 0 aliphatic carbocycles. The lowest BCUT2D eigenvalue weighted by atomic mass is 10.1. The number of benzene rings is 1. The number of azide groups is 1. The van der Waals surface area contributed by atoms with Crippen molar-refractivity contribution in [3.8, 4) is 0 Å². The second-order valence-electron chi connectivity index (χ2n) is 16.4. The van der Waals surface area contributed by atoms with Crippen molar-refractivity contribution < 1.29 is 23.9 Å². The number of carbonyl (C=O) groups is 3. The molecule has 3 saturated heterocycles. The first-order valence-electron chi connectivity index (χ1n) is 22.9. The van der Waals surface area contributed by atoms with Gasteiger partial charge in [-0.2, -0.15) is 0 Å². The Labute approximate surface area is 369 Å². The van der Waals surface area contributed by atoms with Crippen molar-refractivity contribution in [3.63, 3.8) is 0 Å². The molecule has 4 heterocycles. The Bertz CT molecular complexity index is 1870. The van der Waals surface area contributed by atoms with Gasteiger partial charge in [0.25, 0.3) is 17.4 Å². The van der Waals surface area contributed by atoms with Crippen LogP contribution in [0.2, 0.25) is 0 Å². The predicted octanol–water partition coefficient (Wildman–Crippen LogP) is 0.947. The number of nitrogens with one attached hydrogen (secondary N) is 6. The number of amides is 2. The number of rotatable bonds is 11. The van der Waals surface area contributed by atoms with Crippen LogP contribution >= 0.6 is 0 Å². The summed E-state index contributed by atoms with van der Waals surface area (Å²) in [4.78, 5) is 75.9. The highest BCUT2D eigenvalue weighted by atomic mass is 16.6. The van der Waals surface area contributed by atoms with Crippen molar-refractivity contribution in [2.45, 2.75) is 76.7 Å². The monoisotopic (exact) mass is 880 g/mol. The Kier molecular flexibility index (Phi) is 21.6. The summed E-state index contributed by atoms with van der Waals surface area (Å²) in [6.07, 6.45) is 5.30. The average Bonchev–Trinajstić information content (AvgIpc) is 3.69. The van der Waals surface area contributed by atoms with E-state index in [0.717, 1.165) is 111 Å². The lowest BCUT2D eigenvalue weighted by molar-refractivity contribution is -0.148. The lowest BCUT2D eigenvalue weighted by Crippen LogP contribution is -2.41. The maximum atomic E-state index is 13.9. The van der Waals surface area contributed by atoms with E-state index in [2.05, 4.69) is 46.5 Å². The van der Waals surface area contributed by atoms with Crippen molar-refractivity contribution in [2.24, 2.45) is 5.11 Å². The van der Waals surface area contributed by atoms with E-state index in [0.29, 0.717) is 55.8 Å². The van der Waals surface area contributed by atoms with E-state index in [1.54, 1.807) is 31.2 Å². The second kappa shape index (κ2) is 27.5. The number of aryl methyl sites for hydroxylation is 1. The summed E-state index contributed by atoms with van der Waals surface area (Å²) in [6.45, 7) is 14.8. The highest BCUT2D eigenvalue weighted by Crippen LogP contribution is 2.30. The number of hydrogen-bond donors (Lipinski definition) is 6. The first-order chi connectivity index (χ1) is 30.7. The molecule has 0 radical (unpaired) electrons. The Morgan fingerprint density at radius 3 is 1.94 bits per heavy atom. The van der Waals surface area contributed by atoms with Gasteiger partial charge in [-0.25, -0.2) is 4.79 Å². The van der Waals surface area contributed by atoms with Crippen molar-refractivity contribution in [2.75, 3.05) is 118 Å². The predicted molar refractivity (Wildman–Crippen MR) is 240 cm³/mol. The molecule has 0 saturated carbocycles. The number of aromatic nitrogens is 2.